The molecule has 0 spiro atoms. The van der Waals surface area contributed by atoms with Gasteiger partial charge >= 0.3 is 0 Å². The molecule has 26 heavy (non-hydrogen) atoms. The van der Waals surface area contributed by atoms with Crippen molar-refractivity contribution in [1.82, 2.24) is 9.97 Å². The Balaban J connectivity index is 1.63. The Labute approximate surface area is 156 Å². The van der Waals surface area contributed by atoms with Gasteiger partial charge in [-0.25, -0.2) is 4.98 Å². The quantitative estimate of drug-likeness (QED) is 0.435. The van der Waals surface area contributed by atoms with Crippen LogP contribution >= 0.6 is 11.3 Å². The molecule has 0 unspecified atom stereocenters. The molecule has 0 bridgehead atoms. The van der Waals surface area contributed by atoms with Crippen molar-refractivity contribution in [1.29, 1.82) is 0 Å². The van der Waals surface area contributed by atoms with Crippen molar-refractivity contribution < 1.29 is 4.74 Å². The van der Waals surface area contributed by atoms with Crippen LogP contribution in [0.1, 0.15) is 29.6 Å². The largest absolute Gasteiger partial charge is 0.438 e. The lowest BCUT2D eigenvalue weighted by Gasteiger charge is -2.18. The second kappa shape index (κ2) is 6.06. The molecule has 1 atom stereocenters. The summed E-state index contributed by atoms with van der Waals surface area (Å²) in [5.41, 5.74) is 1.40. The second-order valence-corrected chi connectivity index (χ2v) is 8.30. The molecule has 0 aliphatic heterocycles. The number of rotatable bonds is 2. The predicted octanol–water partition coefficient (Wildman–Crippen LogP) is 6.07. The van der Waals surface area contributed by atoms with E-state index in [1.165, 1.54) is 27.6 Å². The number of benzene rings is 2. The van der Waals surface area contributed by atoms with Gasteiger partial charge in [-0.2, -0.15) is 4.98 Å². The Bertz CT molecular complexity index is 1130. The lowest BCUT2D eigenvalue weighted by molar-refractivity contribution is 0.465. The summed E-state index contributed by atoms with van der Waals surface area (Å²) in [5, 5.41) is 3.51. The van der Waals surface area contributed by atoms with Crippen molar-refractivity contribution in [3.63, 3.8) is 0 Å². The maximum absolute atomic E-state index is 6.29. The molecule has 0 saturated carbocycles. The molecule has 0 radical (unpaired) electrons. The molecular formula is C22H20N2OS. The standard InChI is InChI=1S/C22H20N2OS/c1-13-7-10-18-19(11-13)26-22-20(18)21(23-14(2)24-22)25-17-9-8-15-5-3-4-6-16(15)12-17/h3-6,8-9,12-13H,7,10-11H2,1-2H3/t13-/m0/s1. The van der Waals surface area contributed by atoms with Gasteiger partial charge in [0.15, 0.2) is 0 Å². The first-order chi connectivity index (χ1) is 12.7. The highest BCUT2D eigenvalue weighted by Gasteiger charge is 2.24. The molecule has 0 fully saturated rings. The molecule has 4 aromatic rings. The van der Waals surface area contributed by atoms with Gasteiger partial charge in [-0.1, -0.05) is 37.3 Å². The molecule has 0 saturated heterocycles. The highest BCUT2D eigenvalue weighted by molar-refractivity contribution is 7.18. The van der Waals surface area contributed by atoms with Gasteiger partial charge in [0.1, 0.15) is 16.4 Å². The van der Waals surface area contributed by atoms with Crippen LogP contribution in [0.5, 0.6) is 11.6 Å². The number of hydrogen-bond acceptors (Lipinski definition) is 4. The maximum Gasteiger partial charge on any atom is 0.231 e. The van der Waals surface area contributed by atoms with E-state index in [1.807, 2.05) is 24.3 Å². The number of thiophene rings is 1. The zero-order valence-corrected chi connectivity index (χ0v) is 15.8. The van der Waals surface area contributed by atoms with E-state index < -0.39 is 0 Å². The summed E-state index contributed by atoms with van der Waals surface area (Å²) in [6, 6.07) is 14.5. The van der Waals surface area contributed by atoms with Crippen molar-refractivity contribution in [3.05, 3.63) is 58.7 Å². The van der Waals surface area contributed by atoms with Crippen LogP contribution in [0, 0.1) is 12.8 Å². The van der Waals surface area contributed by atoms with E-state index >= 15 is 0 Å². The summed E-state index contributed by atoms with van der Waals surface area (Å²) in [6.07, 6.45) is 3.46. The Kier molecular flexibility index (Phi) is 3.68. The Hall–Kier alpha value is -2.46. The third-order valence-corrected chi connectivity index (χ3v) is 6.32. The van der Waals surface area contributed by atoms with Crippen molar-refractivity contribution in [2.75, 3.05) is 0 Å². The summed E-state index contributed by atoms with van der Waals surface area (Å²) < 4.78 is 6.29. The highest BCUT2D eigenvalue weighted by Crippen LogP contribution is 2.42. The fourth-order valence-electron chi connectivity index (χ4n) is 3.83. The zero-order chi connectivity index (χ0) is 17.7. The van der Waals surface area contributed by atoms with Crippen LogP contribution < -0.4 is 4.74 Å². The summed E-state index contributed by atoms with van der Waals surface area (Å²) >= 11 is 1.81. The first-order valence-electron chi connectivity index (χ1n) is 9.13. The fourth-order valence-corrected chi connectivity index (χ4v) is 5.25. The molecule has 1 aliphatic rings. The summed E-state index contributed by atoms with van der Waals surface area (Å²) in [7, 11) is 0. The van der Waals surface area contributed by atoms with Gasteiger partial charge < -0.3 is 4.74 Å². The van der Waals surface area contributed by atoms with Crippen LogP contribution in [0.4, 0.5) is 0 Å². The molecule has 3 nitrogen and oxygen atoms in total. The second-order valence-electron chi connectivity index (χ2n) is 7.22. The molecule has 2 aromatic heterocycles. The Morgan fingerprint density at radius 3 is 2.81 bits per heavy atom. The molecule has 0 amide bonds. The Morgan fingerprint density at radius 2 is 1.92 bits per heavy atom. The number of aryl methyl sites for hydroxylation is 2. The lowest BCUT2D eigenvalue weighted by Crippen LogP contribution is -2.08. The van der Waals surface area contributed by atoms with Crippen molar-refractivity contribution in [2.45, 2.75) is 33.1 Å². The number of nitrogens with zero attached hydrogens (tertiary/aromatic N) is 2. The summed E-state index contributed by atoms with van der Waals surface area (Å²) in [5.74, 6) is 3.04. The zero-order valence-electron chi connectivity index (χ0n) is 15.0. The average molecular weight is 360 g/mol. The van der Waals surface area contributed by atoms with Gasteiger partial charge in [-0.3, -0.25) is 0 Å². The number of hydrogen-bond donors (Lipinski definition) is 0. The third kappa shape index (κ3) is 2.65. The van der Waals surface area contributed by atoms with Crippen LogP contribution in [0.15, 0.2) is 42.5 Å². The minimum absolute atomic E-state index is 0.704. The average Bonchev–Trinajstić information content (AvgIpc) is 2.98. The topological polar surface area (TPSA) is 35.0 Å². The van der Waals surface area contributed by atoms with Crippen LogP contribution in [0.25, 0.3) is 21.0 Å². The third-order valence-electron chi connectivity index (χ3n) is 5.17. The van der Waals surface area contributed by atoms with Crippen LogP contribution in [-0.4, -0.2) is 9.97 Å². The normalized spacial score (nSPS) is 16.8. The van der Waals surface area contributed by atoms with Crippen molar-refractivity contribution >= 4 is 32.3 Å². The van der Waals surface area contributed by atoms with E-state index in [2.05, 4.69) is 53.3 Å². The molecule has 130 valence electrons. The minimum atomic E-state index is 0.704. The van der Waals surface area contributed by atoms with Crippen molar-refractivity contribution in [2.24, 2.45) is 5.92 Å². The van der Waals surface area contributed by atoms with Gasteiger partial charge in [0, 0.05) is 4.88 Å². The van der Waals surface area contributed by atoms with E-state index in [0.29, 0.717) is 5.88 Å². The maximum atomic E-state index is 6.29. The highest BCUT2D eigenvalue weighted by atomic mass is 32.1. The van der Waals surface area contributed by atoms with E-state index in [9.17, 15) is 0 Å². The molecule has 2 heterocycles. The fraction of sp³-hybridized carbons (Fsp3) is 0.273. The van der Waals surface area contributed by atoms with Crippen LogP contribution in [-0.2, 0) is 12.8 Å². The van der Waals surface area contributed by atoms with Gasteiger partial charge in [-0.05, 0) is 60.6 Å². The van der Waals surface area contributed by atoms with Gasteiger partial charge in [0.25, 0.3) is 0 Å². The lowest BCUT2D eigenvalue weighted by atomic mass is 9.89. The van der Waals surface area contributed by atoms with Gasteiger partial charge in [0.2, 0.25) is 5.88 Å². The number of fused-ring (bicyclic) bond motifs is 4. The van der Waals surface area contributed by atoms with Crippen molar-refractivity contribution in [3.8, 4) is 11.6 Å². The van der Waals surface area contributed by atoms with Crippen LogP contribution in [0.3, 0.4) is 0 Å². The smallest absolute Gasteiger partial charge is 0.231 e. The van der Waals surface area contributed by atoms with E-state index in [4.69, 9.17) is 4.74 Å². The summed E-state index contributed by atoms with van der Waals surface area (Å²) in [4.78, 5) is 11.9. The van der Waals surface area contributed by atoms with E-state index in [0.717, 1.165) is 40.6 Å². The minimum Gasteiger partial charge on any atom is -0.438 e. The molecule has 0 N–H and O–H groups in total. The first-order valence-corrected chi connectivity index (χ1v) is 9.94. The van der Waals surface area contributed by atoms with Crippen LogP contribution in [0.2, 0.25) is 0 Å². The first kappa shape index (κ1) is 15.8. The predicted molar refractivity (Wildman–Crippen MR) is 107 cm³/mol. The number of ether oxygens (including phenoxy) is 1. The molecule has 4 heteroatoms. The van der Waals surface area contributed by atoms with E-state index in [-0.39, 0.29) is 0 Å². The Morgan fingerprint density at radius 1 is 1.08 bits per heavy atom. The molecule has 2 aromatic carbocycles. The molecule has 5 rings (SSSR count). The monoisotopic (exact) mass is 360 g/mol. The SMILES string of the molecule is Cc1nc(Oc2ccc3ccccc3c2)c2c3c(sc2n1)C[C@@H](C)CC3. The van der Waals surface area contributed by atoms with Gasteiger partial charge in [0.05, 0.1) is 5.39 Å². The summed E-state index contributed by atoms with van der Waals surface area (Å²) in [6.45, 7) is 4.27. The molecular weight excluding hydrogens is 340 g/mol. The van der Waals surface area contributed by atoms with Gasteiger partial charge in [-0.15, -0.1) is 11.3 Å². The number of aromatic nitrogens is 2. The molecule has 1 aliphatic carbocycles. The van der Waals surface area contributed by atoms with E-state index in [1.54, 1.807) is 0 Å².